The number of nitrogens with zero attached hydrogens (tertiary/aromatic N) is 1. The Balaban J connectivity index is 2.31. The third kappa shape index (κ3) is 2.59. The summed E-state index contributed by atoms with van der Waals surface area (Å²) >= 11 is 6.63. The molecule has 0 bridgehead atoms. The predicted molar refractivity (Wildman–Crippen MR) is 73.5 cm³/mol. The van der Waals surface area contributed by atoms with Crippen LogP contribution in [-0.4, -0.2) is 34.5 Å². The highest BCUT2D eigenvalue weighted by Crippen LogP contribution is 2.26. The van der Waals surface area contributed by atoms with Crippen molar-refractivity contribution in [3.63, 3.8) is 0 Å². The van der Waals surface area contributed by atoms with Gasteiger partial charge in [-0.25, -0.2) is 4.79 Å². The summed E-state index contributed by atoms with van der Waals surface area (Å²) < 4.78 is 1.46. The van der Waals surface area contributed by atoms with Gasteiger partial charge in [-0.1, -0.05) is 15.9 Å². The first-order valence-corrected chi connectivity index (χ1v) is 7.08. The summed E-state index contributed by atoms with van der Waals surface area (Å²) in [6, 6.07) is 4.58. The van der Waals surface area contributed by atoms with E-state index in [0.29, 0.717) is 23.0 Å². The fraction of sp³-hybridized carbons (Fsp3) is 0.333. The molecule has 1 N–H and O–H groups in total. The van der Waals surface area contributed by atoms with Gasteiger partial charge in [-0.15, -0.1) is 0 Å². The van der Waals surface area contributed by atoms with E-state index in [2.05, 4.69) is 31.9 Å². The van der Waals surface area contributed by atoms with Crippen LogP contribution in [0.15, 0.2) is 27.1 Å². The zero-order valence-electron chi connectivity index (χ0n) is 9.40. The van der Waals surface area contributed by atoms with Crippen LogP contribution in [0.2, 0.25) is 0 Å². The monoisotopic (exact) mass is 375 g/mol. The molecule has 1 aliphatic rings. The van der Waals surface area contributed by atoms with E-state index in [4.69, 9.17) is 5.11 Å². The van der Waals surface area contributed by atoms with Gasteiger partial charge in [0.15, 0.2) is 0 Å². The molecule has 1 heterocycles. The molecule has 1 aromatic carbocycles. The Hall–Kier alpha value is -0.880. The fourth-order valence-corrected chi connectivity index (χ4v) is 2.86. The maximum atomic E-state index is 12.3. The van der Waals surface area contributed by atoms with Crippen LogP contribution >= 0.6 is 31.9 Å². The zero-order chi connectivity index (χ0) is 13.3. The van der Waals surface area contributed by atoms with Crippen LogP contribution in [0.4, 0.5) is 0 Å². The van der Waals surface area contributed by atoms with Gasteiger partial charge in [-0.05, 0) is 47.0 Å². The van der Waals surface area contributed by atoms with Gasteiger partial charge in [-0.2, -0.15) is 0 Å². The number of aliphatic carboxylic acids is 1. The highest BCUT2D eigenvalue weighted by atomic mass is 79.9. The second-order valence-electron chi connectivity index (χ2n) is 4.12. The molecule has 1 atom stereocenters. The molecule has 1 aromatic rings. The molecule has 18 heavy (non-hydrogen) atoms. The van der Waals surface area contributed by atoms with Crippen molar-refractivity contribution in [1.29, 1.82) is 0 Å². The van der Waals surface area contributed by atoms with Crippen molar-refractivity contribution < 1.29 is 14.7 Å². The standard InChI is InChI=1S/C12H11Br2NO3/c13-7-3-4-9(14)8(6-7)11(16)15-5-1-2-10(15)12(17)18/h3-4,6,10H,1-2,5H2,(H,17,18). The average molecular weight is 377 g/mol. The summed E-state index contributed by atoms with van der Waals surface area (Å²) in [4.78, 5) is 24.9. The molecule has 1 amide bonds. The minimum absolute atomic E-state index is 0.243. The molecule has 2 rings (SSSR count). The Morgan fingerprint density at radius 1 is 1.33 bits per heavy atom. The van der Waals surface area contributed by atoms with Gasteiger partial charge in [0.2, 0.25) is 0 Å². The smallest absolute Gasteiger partial charge is 0.326 e. The highest BCUT2D eigenvalue weighted by molar-refractivity contribution is 9.11. The summed E-state index contributed by atoms with van der Waals surface area (Å²) in [7, 11) is 0. The predicted octanol–water partition coefficient (Wildman–Crippen LogP) is 2.90. The summed E-state index contributed by atoms with van der Waals surface area (Å²) in [6.45, 7) is 0.495. The molecule has 1 fully saturated rings. The lowest BCUT2D eigenvalue weighted by Crippen LogP contribution is -2.40. The molecule has 1 unspecified atom stereocenters. The first kappa shape index (κ1) is 13.5. The Kier molecular flexibility index (Phi) is 4.07. The molecule has 4 nitrogen and oxygen atoms in total. The third-order valence-electron chi connectivity index (χ3n) is 2.96. The summed E-state index contributed by atoms with van der Waals surface area (Å²) in [5.74, 6) is -1.18. The fourth-order valence-electron chi connectivity index (χ4n) is 2.08. The summed E-state index contributed by atoms with van der Waals surface area (Å²) in [5, 5.41) is 9.09. The lowest BCUT2D eigenvalue weighted by atomic mass is 10.1. The maximum absolute atomic E-state index is 12.3. The molecule has 0 radical (unpaired) electrons. The van der Waals surface area contributed by atoms with Gasteiger partial charge in [-0.3, -0.25) is 4.79 Å². The van der Waals surface area contributed by atoms with Gasteiger partial charge in [0, 0.05) is 15.5 Å². The molecular weight excluding hydrogens is 366 g/mol. The summed E-state index contributed by atoms with van der Waals surface area (Å²) in [6.07, 6.45) is 1.25. The molecule has 6 heteroatoms. The Morgan fingerprint density at radius 3 is 2.72 bits per heavy atom. The molecule has 0 aliphatic carbocycles. The van der Waals surface area contributed by atoms with Crippen LogP contribution in [0.25, 0.3) is 0 Å². The Morgan fingerprint density at radius 2 is 2.06 bits per heavy atom. The third-order valence-corrected chi connectivity index (χ3v) is 4.14. The first-order chi connectivity index (χ1) is 8.50. The zero-order valence-corrected chi connectivity index (χ0v) is 12.6. The molecule has 1 saturated heterocycles. The Bertz CT molecular complexity index is 504. The molecule has 96 valence electrons. The lowest BCUT2D eigenvalue weighted by Gasteiger charge is -2.22. The highest BCUT2D eigenvalue weighted by Gasteiger charge is 2.34. The van der Waals surface area contributed by atoms with Crippen molar-refractivity contribution in [2.24, 2.45) is 0 Å². The van der Waals surface area contributed by atoms with E-state index in [1.54, 1.807) is 12.1 Å². The van der Waals surface area contributed by atoms with E-state index in [9.17, 15) is 9.59 Å². The minimum Gasteiger partial charge on any atom is -0.480 e. The Labute approximate surface area is 121 Å². The number of hydrogen-bond donors (Lipinski definition) is 1. The van der Waals surface area contributed by atoms with Gasteiger partial charge < -0.3 is 10.0 Å². The number of amides is 1. The lowest BCUT2D eigenvalue weighted by molar-refractivity contribution is -0.141. The minimum atomic E-state index is -0.938. The topological polar surface area (TPSA) is 57.6 Å². The van der Waals surface area contributed by atoms with Gasteiger partial charge in [0.25, 0.3) is 5.91 Å². The van der Waals surface area contributed by atoms with E-state index in [-0.39, 0.29) is 5.91 Å². The van der Waals surface area contributed by atoms with E-state index >= 15 is 0 Å². The van der Waals surface area contributed by atoms with Crippen LogP contribution in [0.3, 0.4) is 0 Å². The number of carboxylic acids is 1. The average Bonchev–Trinajstić information content (AvgIpc) is 2.80. The number of likely N-dealkylation sites (tertiary alicyclic amines) is 1. The largest absolute Gasteiger partial charge is 0.480 e. The van der Waals surface area contributed by atoms with Crippen LogP contribution in [0.5, 0.6) is 0 Å². The molecular formula is C12H11Br2NO3. The number of hydrogen-bond acceptors (Lipinski definition) is 2. The number of carboxylic acid groups (broad SMARTS) is 1. The molecule has 0 saturated carbocycles. The van der Waals surface area contributed by atoms with Crippen molar-refractivity contribution >= 4 is 43.7 Å². The SMILES string of the molecule is O=C(O)C1CCCN1C(=O)c1cc(Br)ccc1Br. The van der Waals surface area contributed by atoms with E-state index in [1.807, 2.05) is 6.07 Å². The van der Waals surface area contributed by atoms with Crippen molar-refractivity contribution in [2.45, 2.75) is 18.9 Å². The van der Waals surface area contributed by atoms with Crippen LogP contribution in [0.1, 0.15) is 23.2 Å². The van der Waals surface area contributed by atoms with Gasteiger partial charge >= 0.3 is 5.97 Å². The van der Waals surface area contributed by atoms with E-state index in [1.165, 1.54) is 4.90 Å². The van der Waals surface area contributed by atoms with Crippen LogP contribution in [0, 0.1) is 0 Å². The van der Waals surface area contributed by atoms with Crippen LogP contribution in [-0.2, 0) is 4.79 Å². The molecule has 0 aromatic heterocycles. The number of halogens is 2. The first-order valence-electron chi connectivity index (χ1n) is 5.49. The van der Waals surface area contributed by atoms with E-state index < -0.39 is 12.0 Å². The van der Waals surface area contributed by atoms with Crippen molar-refractivity contribution in [2.75, 3.05) is 6.54 Å². The van der Waals surface area contributed by atoms with Gasteiger partial charge in [0.05, 0.1) is 5.56 Å². The van der Waals surface area contributed by atoms with Gasteiger partial charge in [0.1, 0.15) is 6.04 Å². The second-order valence-corrected chi connectivity index (χ2v) is 5.89. The quantitative estimate of drug-likeness (QED) is 0.863. The number of rotatable bonds is 2. The maximum Gasteiger partial charge on any atom is 0.326 e. The number of benzene rings is 1. The van der Waals surface area contributed by atoms with Crippen LogP contribution < -0.4 is 0 Å². The van der Waals surface area contributed by atoms with Crippen molar-refractivity contribution in [3.8, 4) is 0 Å². The van der Waals surface area contributed by atoms with Crippen molar-refractivity contribution in [3.05, 3.63) is 32.7 Å². The van der Waals surface area contributed by atoms with Crippen molar-refractivity contribution in [1.82, 2.24) is 4.90 Å². The van der Waals surface area contributed by atoms with E-state index in [0.717, 1.165) is 10.9 Å². The number of carbonyl (C=O) groups is 2. The second kappa shape index (κ2) is 5.40. The normalized spacial score (nSPS) is 19.0. The summed E-state index contributed by atoms with van der Waals surface area (Å²) in [5.41, 5.74) is 0.484. The number of carbonyl (C=O) groups excluding carboxylic acids is 1. The molecule has 0 spiro atoms. The molecule has 1 aliphatic heterocycles.